The highest BCUT2D eigenvalue weighted by Crippen LogP contribution is 2.35. The Morgan fingerprint density at radius 2 is 0.764 bits per heavy atom. The summed E-state index contributed by atoms with van der Waals surface area (Å²) in [6, 6.07) is 35.5. The number of anilines is 2. The fraction of sp³-hybridized carbons (Fsp3) is 0.0698. The number of carbonyl (C=O) groups is 4. The SMILES string of the molecule is CC(C)(c1ccc(Oc2ccc(NC(=O)c3cc(O)ccc3C(=O)O)cc2)cc1)c1ccc(Oc2ccc(NC(=O)c3cc(O)ccc3C(=O)O)cc2)cc1. The van der Waals surface area contributed by atoms with E-state index >= 15 is 0 Å². The Kier molecular flexibility index (Phi) is 10.5. The Morgan fingerprint density at radius 3 is 1.07 bits per heavy atom. The van der Waals surface area contributed by atoms with E-state index in [2.05, 4.69) is 24.5 Å². The minimum atomic E-state index is -1.28. The van der Waals surface area contributed by atoms with Gasteiger partial charge in [0.15, 0.2) is 0 Å². The van der Waals surface area contributed by atoms with E-state index in [1.54, 1.807) is 48.5 Å². The molecule has 6 rings (SSSR count). The molecule has 276 valence electrons. The highest BCUT2D eigenvalue weighted by Gasteiger charge is 2.24. The number of rotatable bonds is 12. The monoisotopic (exact) mass is 738 g/mol. The fourth-order valence-corrected chi connectivity index (χ4v) is 5.74. The molecule has 0 saturated heterocycles. The quantitative estimate of drug-likeness (QED) is 0.0706. The molecule has 55 heavy (non-hydrogen) atoms. The van der Waals surface area contributed by atoms with E-state index in [0.717, 1.165) is 23.3 Å². The molecule has 0 heterocycles. The van der Waals surface area contributed by atoms with Gasteiger partial charge in [-0.1, -0.05) is 38.1 Å². The molecule has 0 aliphatic rings. The van der Waals surface area contributed by atoms with Crippen LogP contribution in [-0.2, 0) is 5.41 Å². The molecule has 0 unspecified atom stereocenters. The van der Waals surface area contributed by atoms with E-state index in [1.165, 1.54) is 24.3 Å². The number of amides is 2. The van der Waals surface area contributed by atoms with Crippen LogP contribution in [0.3, 0.4) is 0 Å². The van der Waals surface area contributed by atoms with Crippen molar-refractivity contribution >= 4 is 35.1 Å². The number of hydrogen-bond acceptors (Lipinski definition) is 8. The van der Waals surface area contributed by atoms with Crippen molar-refractivity contribution in [2.24, 2.45) is 0 Å². The van der Waals surface area contributed by atoms with E-state index in [4.69, 9.17) is 9.47 Å². The summed E-state index contributed by atoms with van der Waals surface area (Å²) in [5.74, 6) is -2.13. The molecule has 0 radical (unpaired) electrons. The minimum absolute atomic E-state index is 0.165. The summed E-state index contributed by atoms with van der Waals surface area (Å²) in [7, 11) is 0. The first kappa shape index (κ1) is 37.2. The minimum Gasteiger partial charge on any atom is -0.508 e. The molecule has 12 heteroatoms. The molecular formula is C43H34N2O10. The molecule has 0 aromatic heterocycles. The van der Waals surface area contributed by atoms with E-state index in [9.17, 15) is 39.6 Å². The zero-order chi connectivity index (χ0) is 39.3. The van der Waals surface area contributed by atoms with Gasteiger partial charge in [-0.25, -0.2) is 9.59 Å². The number of ether oxygens (including phenoxy) is 2. The molecule has 6 aromatic carbocycles. The lowest BCUT2D eigenvalue weighted by Gasteiger charge is -2.26. The number of carboxylic acids is 2. The summed E-state index contributed by atoms with van der Waals surface area (Å²) in [5.41, 5.74) is 1.74. The smallest absolute Gasteiger partial charge is 0.336 e. The molecule has 0 spiro atoms. The number of hydrogen-bond donors (Lipinski definition) is 6. The van der Waals surface area contributed by atoms with Crippen molar-refractivity contribution in [3.05, 3.63) is 167 Å². The predicted molar refractivity (Wildman–Crippen MR) is 204 cm³/mol. The van der Waals surface area contributed by atoms with Gasteiger partial charge in [0.2, 0.25) is 0 Å². The molecule has 0 aliphatic carbocycles. The van der Waals surface area contributed by atoms with Crippen molar-refractivity contribution in [1.29, 1.82) is 0 Å². The standard InChI is InChI=1S/C43H34N2O10/c1-43(2,25-3-13-31(14-4-25)54-33-17-7-27(8-18-33)44-39(48)37-23-29(46)11-21-35(37)41(50)51)26-5-15-32(16-6-26)55-34-19-9-28(10-20-34)45-40(49)38-24-30(47)12-22-36(38)42(52)53/h3-24,46-47H,1-2H3,(H,44,48)(H,45,49)(H,50,51)(H,52,53). The van der Waals surface area contributed by atoms with Gasteiger partial charge >= 0.3 is 11.9 Å². The molecule has 0 aliphatic heterocycles. The van der Waals surface area contributed by atoms with Crippen molar-refractivity contribution in [3.63, 3.8) is 0 Å². The van der Waals surface area contributed by atoms with Crippen molar-refractivity contribution in [3.8, 4) is 34.5 Å². The van der Waals surface area contributed by atoms with Crippen LogP contribution in [-0.4, -0.2) is 44.2 Å². The highest BCUT2D eigenvalue weighted by atomic mass is 16.5. The molecule has 2 amide bonds. The van der Waals surface area contributed by atoms with Crippen LogP contribution in [0.15, 0.2) is 133 Å². The number of phenols is 2. The van der Waals surface area contributed by atoms with Crippen LogP contribution in [0.5, 0.6) is 34.5 Å². The number of carboxylic acid groups (broad SMARTS) is 2. The van der Waals surface area contributed by atoms with E-state index < -0.39 is 23.8 Å². The van der Waals surface area contributed by atoms with Crippen LogP contribution >= 0.6 is 0 Å². The predicted octanol–water partition coefficient (Wildman–Crippen LogP) is 8.91. The Bertz CT molecular complexity index is 2220. The number of aromatic hydroxyl groups is 2. The van der Waals surface area contributed by atoms with Gasteiger partial charge in [0.05, 0.1) is 22.3 Å². The second-order valence-electron chi connectivity index (χ2n) is 12.9. The van der Waals surface area contributed by atoms with Gasteiger partial charge in [-0.15, -0.1) is 0 Å². The topological polar surface area (TPSA) is 192 Å². The number of benzene rings is 6. The summed E-state index contributed by atoms with van der Waals surface area (Å²) in [6.07, 6.45) is 0. The van der Waals surface area contributed by atoms with E-state index in [0.29, 0.717) is 34.4 Å². The molecule has 12 nitrogen and oxygen atoms in total. The summed E-state index contributed by atoms with van der Waals surface area (Å²) in [6.45, 7) is 4.20. The third-order valence-corrected chi connectivity index (χ3v) is 8.80. The molecule has 0 bridgehead atoms. The van der Waals surface area contributed by atoms with Gasteiger partial charge in [0.25, 0.3) is 11.8 Å². The van der Waals surface area contributed by atoms with E-state index in [-0.39, 0.29) is 39.2 Å². The van der Waals surface area contributed by atoms with Crippen LogP contribution in [0.25, 0.3) is 0 Å². The van der Waals surface area contributed by atoms with Crippen LogP contribution < -0.4 is 20.1 Å². The second kappa shape index (κ2) is 15.6. The molecule has 0 atom stereocenters. The lowest BCUT2D eigenvalue weighted by molar-refractivity contribution is 0.0683. The normalized spacial score (nSPS) is 10.9. The van der Waals surface area contributed by atoms with Gasteiger partial charge in [-0.3, -0.25) is 9.59 Å². The average molecular weight is 739 g/mol. The summed E-state index contributed by atoms with van der Waals surface area (Å²) in [5, 5.41) is 43.5. The Morgan fingerprint density at radius 1 is 0.455 bits per heavy atom. The van der Waals surface area contributed by atoms with Crippen LogP contribution in [0.1, 0.15) is 66.4 Å². The molecular weight excluding hydrogens is 704 g/mol. The van der Waals surface area contributed by atoms with Gasteiger partial charge in [0.1, 0.15) is 34.5 Å². The lowest BCUT2D eigenvalue weighted by Crippen LogP contribution is -2.18. The zero-order valence-corrected chi connectivity index (χ0v) is 29.4. The van der Waals surface area contributed by atoms with Crippen molar-refractivity contribution in [2.75, 3.05) is 10.6 Å². The Labute approximate surface area is 314 Å². The lowest BCUT2D eigenvalue weighted by atomic mass is 9.78. The number of aromatic carboxylic acids is 2. The summed E-state index contributed by atoms with van der Waals surface area (Å²) in [4.78, 5) is 48.4. The number of carbonyl (C=O) groups excluding carboxylic acids is 2. The first-order valence-corrected chi connectivity index (χ1v) is 16.8. The maximum atomic E-state index is 12.7. The first-order chi connectivity index (χ1) is 26.3. The van der Waals surface area contributed by atoms with Gasteiger partial charge in [-0.2, -0.15) is 0 Å². The van der Waals surface area contributed by atoms with Crippen LogP contribution in [0.2, 0.25) is 0 Å². The average Bonchev–Trinajstić information content (AvgIpc) is 3.16. The molecule has 0 fully saturated rings. The third kappa shape index (κ3) is 8.72. The largest absolute Gasteiger partial charge is 0.508 e. The first-order valence-electron chi connectivity index (χ1n) is 16.8. The highest BCUT2D eigenvalue weighted by molar-refractivity contribution is 6.11. The van der Waals surface area contributed by atoms with Gasteiger partial charge in [0, 0.05) is 16.8 Å². The number of phenolic OH excluding ortho intramolecular Hbond substituents is 2. The second-order valence-corrected chi connectivity index (χ2v) is 12.9. The van der Waals surface area contributed by atoms with Crippen molar-refractivity contribution in [1.82, 2.24) is 0 Å². The third-order valence-electron chi connectivity index (χ3n) is 8.80. The van der Waals surface area contributed by atoms with Gasteiger partial charge < -0.3 is 40.5 Å². The van der Waals surface area contributed by atoms with Crippen molar-refractivity contribution in [2.45, 2.75) is 19.3 Å². The Balaban J connectivity index is 1.04. The maximum absolute atomic E-state index is 12.7. The molecule has 0 saturated carbocycles. The number of nitrogens with one attached hydrogen (secondary N) is 2. The molecule has 6 N–H and O–H groups in total. The van der Waals surface area contributed by atoms with Crippen molar-refractivity contribution < 1.29 is 49.1 Å². The van der Waals surface area contributed by atoms with Crippen LogP contribution in [0.4, 0.5) is 11.4 Å². The van der Waals surface area contributed by atoms with Gasteiger partial charge in [-0.05, 0) is 120 Å². The van der Waals surface area contributed by atoms with E-state index in [1.807, 2.05) is 48.5 Å². The maximum Gasteiger partial charge on any atom is 0.336 e. The fourth-order valence-electron chi connectivity index (χ4n) is 5.74. The molecule has 6 aromatic rings. The summed E-state index contributed by atoms with van der Waals surface area (Å²) >= 11 is 0. The zero-order valence-electron chi connectivity index (χ0n) is 29.4. The Hall–Kier alpha value is -7.60. The van der Waals surface area contributed by atoms with Crippen LogP contribution in [0, 0.1) is 0 Å². The summed E-state index contributed by atoms with van der Waals surface area (Å²) < 4.78 is 12.0.